The zero-order chi connectivity index (χ0) is 15.0. The molecule has 0 atom stereocenters. The smallest absolute Gasteiger partial charge is 0.126 e. The highest BCUT2D eigenvalue weighted by molar-refractivity contribution is 6.13. The second-order valence-electron chi connectivity index (χ2n) is 5.71. The van der Waals surface area contributed by atoms with E-state index in [1.54, 1.807) is 4.68 Å². The number of fused-ring (bicyclic) bond motifs is 1. The molecule has 0 aliphatic rings. The molecule has 21 heavy (non-hydrogen) atoms. The van der Waals surface area contributed by atoms with Crippen LogP contribution in [0.1, 0.15) is 13.8 Å². The Kier molecular flexibility index (Phi) is 3.20. The van der Waals surface area contributed by atoms with Crippen LogP contribution in [0.2, 0.25) is 0 Å². The van der Waals surface area contributed by atoms with Crippen molar-refractivity contribution in [2.45, 2.75) is 19.3 Å². The van der Waals surface area contributed by atoms with E-state index in [2.05, 4.69) is 33.6 Å². The molecule has 0 spiro atoms. The molecule has 0 saturated heterocycles. The summed E-state index contributed by atoms with van der Waals surface area (Å²) in [5.74, 6) is 0.860. The Morgan fingerprint density at radius 1 is 1.10 bits per heavy atom. The zero-order valence-electron chi connectivity index (χ0n) is 12.5. The average molecular weight is 276 g/mol. The van der Waals surface area contributed by atoms with Crippen molar-refractivity contribution in [3.63, 3.8) is 0 Å². The van der Waals surface area contributed by atoms with Crippen LogP contribution in [0, 0.1) is 0 Å². The Morgan fingerprint density at radius 3 is 2.57 bits per heavy atom. The molecule has 104 valence electrons. The summed E-state index contributed by atoms with van der Waals surface area (Å²) in [5.41, 5.74) is 1.67. The number of anilines is 1. The molecule has 0 fully saturated rings. The van der Waals surface area contributed by atoms with Crippen LogP contribution in [0.15, 0.2) is 42.9 Å². The molecule has 1 N–H and O–H groups in total. The summed E-state index contributed by atoms with van der Waals surface area (Å²) in [5, 5.41) is 9.66. The first-order chi connectivity index (χ1) is 9.97. The van der Waals surface area contributed by atoms with Crippen LogP contribution in [0.25, 0.3) is 21.9 Å². The van der Waals surface area contributed by atoms with Crippen LogP contribution in [0.3, 0.4) is 0 Å². The topological polar surface area (TPSA) is 42.7 Å². The third kappa shape index (κ3) is 2.64. The van der Waals surface area contributed by atoms with Crippen LogP contribution >= 0.6 is 0 Å². The summed E-state index contributed by atoms with van der Waals surface area (Å²) < 4.78 is 1.78. The molecule has 0 bridgehead atoms. The molecule has 2 radical (unpaired) electrons. The van der Waals surface area contributed by atoms with E-state index in [0.717, 1.165) is 27.7 Å². The quantitative estimate of drug-likeness (QED) is 0.748. The Labute approximate surface area is 125 Å². The van der Waals surface area contributed by atoms with Gasteiger partial charge in [-0.3, -0.25) is 4.68 Å². The van der Waals surface area contributed by atoms with Gasteiger partial charge in [0.15, 0.2) is 0 Å². The van der Waals surface area contributed by atoms with Crippen molar-refractivity contribution in [1.82, 2.24) is 14.8 Å². The highest BCUT2D eigenvalue weighted by Crippen LogP contribution is 2.26. The molecular formula is C16H17BN4. The predicted octanol–water partition coefficient (Wildman–Crippen LogP) is 3.00. The molecular weight excluding hydrogens is 259 g/mol. The van der Waals surface area contributed by atoms with Crippen molar-refractivity contribution in [3.8, 4) is 11.1 Å². The van der Waals surface area contributed by atoms with E-state index in [1.807, 2.05) is 45.6 Å². The van der Waals surface area contributed by atoms with E-state index in [4.69, 9.17) is 7.85 Å². The van der Waals surface area contributed by atoms with Crippen molar-refractivity contribution in [3.05, 3.63) is 42.9 Å². The molecule has 0 saturated carbocycles. The SMILES string of the molecule is [B]C(C)(C)n1cc(-c2ccc3cnc(NC)cc3c2)cn1. The van der Waals surface area contributed by atoms with E-state index in [9.17, 15) is 0 Å². The van der Waals surface area contributed by atoms with E-state index >= 15 is 0 Å². The van der Waals surface area contributed by atoms with Crippen LogP contribution in [0.5, 0.6) is 0 Å². The molecule has 0 amide bonds. The molecule has 2 aromatic heterocycles. The first-order valence-electron chi connectivity index (χ1n) is 6.89. The van der Waals surface area contributed by atoms with Crippen LogP contribution in [0.4, 0.5) is 5.82 Å². The maximum absolute atomic E-state index is 6.06. The van der Waals surface area contributed by atoms with Gasteiger partial charge in [-0.25, -0.2) is 4.98 Å². The minimum absolute atomic E-state index is 0.502. The van der Waals surface area contributed by atoms with Crippen LogP contribution < -0.4 is 5.32 Å². The summed E-state index contributed by atoms with van der Waals surface area (Å²) in [6.07, 6.45) is 5.69. The van der Waals surface area contributed by atoms with E-state index < -0.39 is 5.44 Å². The fourth-order valence-electron chi connectivity index (χ4n) is 2.24. The highest BCUT2D eigenvalue weighted by atomic mass is 15.3. The number of aromatic nitrogens is 3. The summed E-state index contributed by atoms with van der Waals surface area (Å²) >= 11 is 0. The second-order valence-corrected chi connectivity index (χ2v) is 5.71. The average Bonchev–Trinajstić information content (AvgIpc) is 2.96. The van der Waals surface area contributed by atoms with Gasteiger partial charge in [0.1, 0.15) is 13.7 Å². The third-order valence-electron chi connectivity index (χ3n) is 3.48. The number of nitrogens with one attached hydrogen (secondary N) is 1. The van der Waals surface area contributed by atoms with Crippen molar-refractivity contribution >= 4 is 24.4 Å². The number of nitrogens with zero attached hydrogens (tertiary/aromatic N) is 3. The van der Waals surface area contributed by atoms with Crippen LogP contribution in [-0.4, -0.2) is 29.7 Å². The van der Waals surface area contributed by atoms with Gasteiger partial charge in [-0.15, -0.1) is 0 Å². The number of hydrogen-bond acceptors (Lipinski definition) is 3. The maximum atomic E-state index is 6.06. The predicted molar refractivity (Wildman–Crippen MR) is 87.6 cm³/mol. The van der Waals surface area contributed by atoms with Crippen molar-refractivity contribution in [1.29, 1.82) is 0 Å². The van der Waals surface area contributed by atoms with Gasteiger partial charge in [0.2, 0.25) is 0 Å². The monoisotopic (exact) mass is 276 g/mol. The molecule has 0 aliphatic carbocycles. The fourth-order valence-corrected chi connectivity index (χ4v) is 2.24. The van der Waals surface area contributed by atoms with Crippen molar-refractivity contribution in [2.24, 2.45) is 0 Å². The summed E-state index contributed by atoms with van der Waals surface area (Å²) in [7, 11) is 7.93. The molecule has 2 heterocycles. The second kappa shape index (κ2) is 4.92. The van der Waals surface area contributed by atoms with E-state index in [-0.39, 0.29) is 0 Å². The standard InChI is InChI=1S/C16H17BN4/c1-16(2,17)21-10-14(9-20-21)11-4-5-12-8-19-15(18-3)7-13(12)6-11/h4-10H,1-3H3,(H,18,19). The maximum Gasteiger partial charge on any atom is 0.126 e. The van der Waals surface area contributed by atoms with Crippen molar-refractivity contribution < 1.29 is 0 Å². The lowest BCUT2D eigenvalue weighted by atomic mass is 9.82. The summed E-state index contributed by atoms with van der Waals surface area (Å²) in [6, 6.07) is 8.33. The first kappa shape index (κ1) is 13.7. The molecule has 0 aliphatic heterocycles. The molecule has 0 unspecified atom stereocenters. The Morgan fingerprint density at radius 2 is 1.90 bits per heavy atom. The number of hydrogen-bond donors (Lipinski definition) is 1. The molecule has 4 nitrogen and oxygen atoms in total. The largest absolute Gasteiger partial charge is 0.373 e. The van der Waals surface area contributed by atoms with Gasteiger partial charge in [0.25, 0.3) is 0 Å². The fraction of sp³-hybridized carbons (Fsp3) is 0.250. The van der Waals surface area contributed by atoms with Gasteiger partial charge in [0.05, 0.1) is 6.20 Å². The summed E-state index contributed by atoms with van der Waals surface area (Å²) in [4.78, 5) is 4.32. The van der Waals surface area contributed by atoms with E-state index in [0.29, 0.717) is 0 Å². The normalized spacial score (nSPS) is 11.8. The Hall–Kier alpha value is -2.30. The third-order valence-corrected chi connectivity index (χ3v) is 3.48. The van der Waals surface area contributed by atoms with Gasteiger partial charge < -0.3 is 5.32 Å². The lowest BCUT2D eigenvalue weighted by Crippen LogP contribution is -2.26. The number of rotatable bonds is 3. The number of benzene rings is 1. The Balaban J connectivity index is 2.06. The van der Waals surface area contributed by atoms with Crippen molar-refractivity contribution in [2.75, 3.05) is 12.4 Å². The molecule has 3 rings (SSSR count). The minimum Gasteiger partial charge on any atom is -0.373 e. The van der Waals surface area contributed by atoms with E-state index in [1.165, 1.54) is 0 Å². The van der Waals surface area contributed by atoms with Crippen LogP contribution in [-0.2, 0) is 5.44 Å². The highest BCUT2D eigenvalue weighted by Gasteiger charge is 2.14. The lowest BCUT2D eigenvalue weighted by molar-refractivity contribution is 0.465. The molecule has 3 aromatic rings. The van der Waals surface area contributed by atoms with Gasteiger partial charge in [0, 0.05) is 35.8 Å². The van der Waals surface area contributed by atoms with Gasteiger partial charge in [-0.1, -0.05) is 12.1 Å². The number of pyridine rings is 1. The molecule has 1 aromatic carbocycles. The lowest BCUT2D eigenvalue weighted by Gasteiger charge is -2.19. The molecule has 5 heteroatoms. The zero-order valence-corrected chi connectivity index (χ0v) is 12.5. The van der Waals surface area contributed by atoms with Gasteiger partial charge in [-0.05, 0) is 36.9 Å². The van der Waals surface area contributed by atoms with Gasteiger partial charge in [-0.2, -0.15) is 5.10 Å². The Bertz CT molecular complexity index is 786. The first-order valence-corrected chi connectivity index (χ1v) is 6.89. The summed E-state index contributed by atoms with van der Waals surface area (Å²) in [6.45, 7) is 3.85. The van der Waals surface area contributed by atoms with Gasteiger partial charge >= 0.3 is 0 Å². The minimum atomic E-state index is -0.502.